The minimum atomic E-state index is -1.43. The topological polar surface area (TPSA) is 157 Å². The van der Waals surface area contributed by atoms with E-state index in [2.05, 4.69) is 27.3 Å². The quantitative estimate of drug-likeness (QED) is 0.0493. The molecule has 2 heterocycles. The van der Waals surface area contributed by atoms with Gasteiger partial charge in [0, 0.05) is 12.1 Å². The molecule has 258 valence electrons. The van der Waals surface area contributed by atoms with Crippen LogP contribution in [0.1, 0.15) is 91.6 Å². The summed E-state index contributed by atoms with van der Waals surface area (Å²) in [6, 6.07) is 21.4. The number of aliphatic carboxylic acids is 2. The second kappa shape index (κ2) is 17.0. The Morgan fingerprint density at radius 2 is 1.41 bits per heavy atom. The lowest BCUT2D eigenvalue weighted by atomic mass is 9.78. The molecule has 0 bridgehead atoms. The van der Waals surface area contributed by atoms with Crippen LogP contribution in [0, 0.1) is 17.7 Å². The van der Waals surface area contributed by atoms with Gasteiger partial charge >= 0.3 is 11.9 Å². The largest absolute Gasteiger partial charge is 0.481 e. The summed E-state index contributed by atoms with van der Waals surface area (Å²) in [6.07, 6.45) is 8.68. The Morgan fingerprint density at radius 1 is 0.796 bits per heavy atom. The van der Waals surface area contributed by atoms with Crippen molar-refractivity contribution in [3.63, 3.8) is 0 Å². The second-order valence-corrected chi connectivity index (χ2v) is 12.8. The van der Waals surface area contributed by atoms with E-state index in [4.69, 9.17) is 10.2 Å². The van der Waals surface area contributed by atoms with Crippen LogP contribution >= 0.6 is 0 Å². The number of aromatic nitrogens is 3. The number of carbonyl (C=O) groups is 3. The van der Waals surface area contributed by atoms with Gasteiger partial charge in [0.05, 0.1) is 18.1 Å². The molecule has 5 rings (SSSR count). The third-order valence-corrected chi connectivity index (χ3v) is 9.40. The van der Waals surface area contributed by atoms with Gasteiger partial charge in [-0.1, -0.05) is 61.4 Å². The fourth-order valence-electron chi connectivity index (χ4n) is 6.58. The van der Waals surface area contributed by atoms with Crippen molar-refractivity contribution in [3.8, 4) is 0 Å². The van der Waals surface area contributed by atoms with Crippen LogP contribution in [0.5, 0.6) is 0 Å². The third-order valence-electron chi connectivity index (χ3n) is 9.40. The van der Waals surface area contributed by atoms with Gasteiger partial charge in [-0.3, -0.25) is 19.5 Å². The number of carbonyl (C=O) groups excluding carboxylic acids is 1. The molecule has 0 spiro atoms. The molecule has 10 nitrogen and oxygen atoms in total. The summed E-state index contributed by atoms with van der Waals surface area (Å²) in [4.78, 5) is 42.1. The Balaban J connectivity index is 1.22. The van der Waals surface area contributed by atoms with Gasteiger partial charge in [0.15, 0.2) is 5.92 Å². The molecule has 1 aromatic heterocycles. The second-order valence-electron chi connectivity index (χ2n) is 12.8. The highest BCUT2D eigenvalue weighted by molar-refractivity contribution is 6.03. The minimum absolute atomic E-state index is 0.0201. The number of aryl methyl sites for hydroxylation is 3. The van der Waals surface area contributed by atoms with Crippen molar-refractivity contribution in [1.29, 1.82) is 0 Å². The van der Waals surface area contributed by atoms with Gasteiger partial charge in [0.25, 0.3) is 0 Å². The average Bonchev–Trinajstić information content (AvgIpc) is 3.62. The summed E-state index contributed by atoms with van der Waals surface area (Å²) in [5.74, 6) is -3.94. The third kappa shape index (κ3) is 9.38. The number of rotatable bonds is 19. The molecule has 1 aliphatic heterocycles. The van der Waals surface area contributed by atoms with Gasteiger partial charge in [-0.25, -0.2) is 9.37 Å². The minimum Gasteiger partial charge on any atom is -0.481 e. The van der Waals surface area contributed by atoms with E-state index in [0.717, 1.165) is 61.2 Å². The molecule has 3 aromatic carbocycles. The lowest BCUT2D eigenvalue weighted by molar-refractivity contribution is -0.154. The molecular weight excluding hydrogens is 627 g/mol. The number of H-pyrrole nitrogens is 1. The van der Waals surface area contributed by atoms with E-state index in [0.29, 0.717) is 31.2 Å². The molecule has 0 aliphatic carbocycles. The first kappa shape index (κ1) is 35.4. The van der Waals surface area contributed by atoms with Gasteiger partial charge in [-0.15, -0.1) is 0 Å². The molecule has 1 aliphatic rings. The number of anilines is 1. The summed E-state index contributed by atoms with van der Waals surface area (Å²) < 4.78 is 13.4. The Bertz CT molecular complexity index is 1650. The summed E-state index contributed by atoms with van der Waals surface area (Å²) in [7, 11) is 0. The molecule has 49 heavy (non-hydrogen) atoms. The maximum Gasteiger partial charge on any atom is 0.317 e. The smallest absolute Gasteiger partial charge is 0.317 e. The number of amides is 1. The van der Waals surface area contributed by atoms with Crippen LogP contribution < -0.4 is 4.90 Å². The predicted octanol–water partition coefficient (Wildman–Crippen LogP) is 6.62. The standard InChI is InChI=1S/C38H43FN4O6/c39-29-18-16-27(17-19-29)33(44)23-22-31-35(28-14-10-26(11-15-28)7-5-8-32(37(46)47)38(48)49)43(36(31)45)30-20-12-25(13-21-30)6-3-1-2-4-9-34-40-24-41-42-34/h10-21,24,31-33,35,44H,1-9,22-23H2,(H,46,47)(H,48,49)(H,40,41,42)/t31-,33+,35-/m1/s1. The van der Waals surface area contributed by atoms with E-state index >= 15 is 0 Å². The van der Waals surface area contributed by atoms with E-state index < -0.39 is 24.0 Å². The molecular formula is C38H43FN4O6. The van der Waals surface area contributed by atoms with Crippen LogP contribution in [0.2, 0.25) is 0 Å². The number of nitrogens with zero attached hydrogens (tertiary/aromatic N) is 3. The number of carboxylic acids is 2. The van der Waals surface area contributed by atoms with Gasteiger partial charge in [0.1, 0.15) is 18.0 Å². The number of hydrogen-bond donors (Lipinski definition) is 4. The predicted molar refractivity (Wildman–Crippen MR) is 181 cm³/mol. The zero-order chi connectivity index (χ0) is 34.8. The van der Waals surface area contributed by atoms with Crippen LogP contribution in [-0.2, 0) is 33.6 Å². The Hall–Kier alpha value is -4.90. The number of carboxylic acid groups (broad SMARTS) is 2. The maximum atomic E-state index is 13.7. The zero-order valence-corrected chi connectivity index (χ0v) is 27.4. The number of β-lactam (4-membered cyclic amide) rings is 1. The van der Waals surface area contributed by atoms with Gasteiger partial charge in [-0.2, -0.15) is 5.10 Å². The van der Waals surface area contributed by atoms with Crippen molar-refractivity contribution >= 4 is 23.5 Å². The van der Waals surface area contributed by atoms with Crippen molar-refractivity contribution in [1.82, 2.24) is 15.2 Å². The molecule has 0 saturated carbocycles. The fraction of sp³-hybridized carbons (Fsp3) is 0.395. The molecule has 1 fully saturated rings. The lowest BCUT2D eigenvalue weighted by Gasteiger charge is -2.48. The molecule has 1 saturated heterocycles. The summed E-state index contributed by atoms with van der Waals surface area (Å²) >= 11 is 0. The van der Waals surface area contributed by atoms with E-state index in [-0.39, 0.29) is 30.1 Å². The first-order valence-electron chi connectivity index (χ1n) is 17.0. The molecule has 0 unspecified atom stereocenters. The first-order chi connectivity index (χ1) is 23.7. The monoisotopic (exact) mass is 670 g/mol. The molecule has 11 heteroatoms. The number of halogens is 1. The highest BCUT2D eigenvalue weighted by atomic mass is 19.1. The maximum absolute atomic E-state index is 13.7. The molecule has 4 aromatic rings. The van der Waals surface area contributed by atoms with Crippen LogP contribution in [-0.4, -0.2) is 48.3 Å². The number of benzene rings is 3. The lowest BCUT2D eigenvalue weighted by Crippen LogP contribution is -2.55. The van der Waals surface area contributed by atoms with Gasteiger partial charge in [0.2, 0.25) is 5.91 Å². The fourth-order valence-corrected chi connectivity index (χ4v) is 6.58. The van der Waals surface area contributed by atoms with Crippen LogP contribution in [0.4, 0.5) is 10.1 Å². The van der Waals surface area contributed by atoms with Crippen molar-refractivity contribution < 1.29 is 34.1 Å². The summed E-state index contributed by atoms with van der Waals surface area (Å²) in [6.45, 7) is 0. The van der Waals surface area contributed by atoms with Crippen molar-refractivity contribution in [2.24, 2.45) is 11.8 Å². The summed E-state index contributed by atoms with van der Waals surface area (Å²) in [5.41, 5.74) is 4.50. The van der Waals surface area contributed by atoms with Crippen LogP contribution in [0.15, 0.2) is 79.1 Å². The number of nitrogens with one attached hydrogen (secondary N) is 1. The number of hydrogen-bond acceptors (Lipinski definition) is 6. The Labute approximate surface area is 285 Å². The highest BCUT2D eigenvalue weighted by Crippen LogP contribution is 2.46. The van der Waals surface area contributed by atoms with Crippen molar-refractivity contribution in [2.75, 3.05) is 4.90 Å². The Morgan fingerprint density at radius 3 is 2.02 bits per heavy atom. The average molecular weight is 671 g/mol. The van der Waals surface area contributed by atoms with E-state index in [1.807, 2.05) is 41.3 Å². The van der Waals surface area contributed by atoms with Crippen molar-refractivity contribution in [3.05, 3.63) is 113 Å². The van der Waals surface area contributed by atoms with Gasteiger partial charge < -0.3 is 20.2 Å². The number of aliphatic hydroxyl groups excluding tert-OH is 1. The molecule has 3 atom stereocenters. The molecule has 1 amide bonds. The Kier molecular flexibility index (Phi) is 12.3. The van der Waals surface area contributed by atoms with E-state index in [1.165, 1.54) is 24.0 Å². The first-order valence-corrected chi connectivity index (χ1v) is 17.0. The molecule has 4 N–H and O–H groups in total. The zero-order valence-electron chi connectivity index (χ0n) is 27.4. The SMILES string of the molecule is O=C(O)C(CCCc1ccc([C@@H]2[C@@H](CC[C@H](O)c3ccc(F)cc3)C(=O)N2c2ccc(CCCCCCc3ncn[nH]3)cc2)cc1)C(=O)O. The van der Waals surface area contributed by atoms with E-state index in [9.17, 15) is 23.9 Å². The normalized spacial score (nSPS) is 16.5. The summed E-state index contributed by atoms with van der Waals surface area (Å²) in [5, 5.41) is 35.9. The van der Waals surface area contributed by atoms with E-state index in [1.54, 1.807) is 12.1 Å². The number of unbranched alkanes of at least 4 members (excludes halogenated alkanes) is 3. The number of aromatic amines is 1. The highest BCUT2D eigenvalue weighted by Gasteiger charge is 2.48. The molecule has 0 radical (unpaired) electrons. The van der Waals surface area contributed by atoms with Crippen molar-refractivity contribution in [2.45, 2.75) is 82.8 Å². The van der Waals surface area contributed by atoms with Crippen LogP contribution in [0.25, 0.3) is 0 Å². The van der Waals surface area contributed by atoms with Crippen LogP contribution in [0.3, 0.4) is 0 Å². The number of aliphatic hydroxyl groups is 1. The van der Waals surface area contributed by atoms with Gasteiger partial charge in [-0.05, 0) is 97.9 Å².